The van der Waals surface area contributed by atoms with Gasteiger partial charge in [0.05, 0.1) is 10.7 Å². The quantitative estimate of drug-likeness (QED) is 0.908. The number of carbonyl (C=O) groups excluding carboxylic acids is 1. The molecule has 1 heterocycles. The van der Waals surface area contributed by atoms with Crippen molar-refractivity contribution >= 4 is 29.0 Å². The maximum absolute atomic E-state index is 12.1. The normalized spacial score (nSPS) is 13.8. The van der Waals surface area contributed by atoms with E-state index in [-0.39, 0.29) is 5.91 Å². The number of nitrogens with zero attached hydrogens (tertiary/aromatic N) is 2. The van der Waals surface area contributed by atoms with Crippen LogP contribution in [0.15, 0.2) is 36.7 Å². The standard InChI is InChI=1S/C14H13ClN4O/c15-10-3-1-2-4-11(10)19-14(20)12-7-13(17-8-16-12)18-9-5-6-9/h1-4,7-9H,5-6H2,(H,19,20)(H,16,17,18). The molecule has 5 nitrogen and oxygen atoms in total. The fraction of sp³-hybridized carbons (Fsp3) is 0.214. The zero-order chi connectivity index (χ0) is 13.9. The molecule has 6 heteroatoms. The van der Waals surface area contributed by atoms with Gasteiger partial charge < -0.3 is 10.6 Å². The van der Waals surface area contributed by atoms with Crippen LogP contribution in [0.4, 0.5) is 11.5 Å². The van der Waals surface area contributed by atoms with Gasteiger partial charge in [-0.05, 0) is 25.0 Å². The summed E-state index contributed by atoms with van der Waals surface area (Å²) in [6.45, 7) is 0. The minimum Gasteiger partial charge on any atom is -0.367 e. The maximum atomic E-state index is 12.1. The Bertz CT molecular complexity index is 643. The molecule has 0 atom stereocenters. The minimum atomic E-state index is -0.306. The van der Waals surface area contributed by atoms with Crippen molar-refractivity contribution < 1.29 is 4.79 Å². The first-order valence-corrected chi connectivity index (χ1v) is 6.74. The van der Waals surface area contributed by atoms with Crippen molar-refractivity contribution in [3.05, 3.63) is 47.4 Å². The van der Waals surface area contributed by atoms with Gasteiger partial charge in [0, 0.05) is 12.1 Å². The zero-order valence-corrected chi connectivity index (χ0v) is 11.4. The molecule has 0 aliphatic heterocycles. The van der Waals surface area contributed by atoms with Gasteiger partial charge in [-0.15, -0.1) is 0 Å². The van der Waals surface area contributed by atoms with E-state index in [9.17, 15) is 4.79 Å². The molecule has 1 aliphatic rings. The minimum absolute atomic E-state index is 0.306. The molecule has 2 aromatic rings. The van der Waals surface area contributed by atoms with Gasteiger partial charge in [-0.3, -0.25) is 4.79 Å². The second-order valence-corrected chi connectivity index (χ2v) is 5.05. The summed E-state index contributed by atoms with van der Waals surface area (Å²) in [5.74, 6) is 0.367. The Morgan fingerprint density at radius 2 is 2.05 bits per heavy atom. The van der Waals surface area contributed by atoms with Crippen LogP contribution in [0.3, 0.4) is 0 Å². The number of benzene rings is 1. The number of amides is 1. The lowest BCUT2D eigenvalue weighted by Crippen LogP contribution is -2.15. The molecule has 1 amide bonds. The molecule has 1 aromatic heterocycles. The zero-order valence-electron chi connectivity index (χ0n) is 10.6. The van der Waals surface area contributed by atoms with E-state index in [1.165, 1.54) is 6.33 Å². The smallest absolute Gasteiger partial charge is 0.274 e. The highest BCUT2D eigenvalue weighted by Gasteiger charge is 2.21. The molecule has 102 valence electrons. The summed E-state index contributed by atoms with van der Waals surface area (Å²) in [5, 5.41) is 6.45. The van der Waals surface area contributed by atoms with Gasteiger partial charge in [-0.25, -0.2) is 9.97 Å². The molecule has 20 heavy (non-hydrogen) atoms. The molecule has 3 rings (SSSR count). The van der Waals surface area contributed by atoms with Crippen molar-refractivity contribution in [2.75, 3.05) is 10.6 Å². The van der Waals surface area contributed by atoms with Crippen molar-refractivity contribution in [3.63, 3.8) is 0 Å². The van der Waals surface area contributed by atoms with Crippen molar-refractivity contribution in [3.8, 4) is 0 Å². The van der Waals surface area contributed by atoms with Crippen LogP contribution in [0.2, 0.25) is 5.02 Å². The van der Waals surface area contributed by atoms with Crippen molar-refractivity contribution in [1.29, 1.82) is 0 Å². The van der Waals surface area contributed by atoms with E-state index >= 15 is 0 Å². The molecule has 2 N–H and O–H groups in total. The molecule has 0 radical (unpaired) electrons. The van der Waals surface area contributed by atoms with Gasteiger partial charge in [0.15, 0.2) is 0 Å². The van der Waals surface area contributed by atoms with E-state index in [4.69, 9.17) is 11.6 Å². The van der Waals surface area contributed by atoms with Crippen LogP contribution in [0.1, 0.15) is 23.3 Å². The maximum Gasteiger partial charge on any atom is 0.274 e. The van der Waals surface area contributed by atoms with Crippen LogP contribution in [-0.4, -0.2) is 21.9 Å². The molecule has 1 aromatic carbocycles. The number of rotatable bonds is 4. The number of carbonyl (C=O) groups is 1. The van der Waals surface area contributed by atoms with Crippen LogP contribution in [0, 0.1) is 0 Å². The lowest BCUT2D eigenvalue weighted by Gasteiger charge is -2.08. The fourth-order valence-electron chi connectivity index (χ4n) is 1.75. The number of hydrogen-bond donors (Lipinski definition) is 2. The van der Waals surface area contributed by atoms with E-state index in [2.05, 4.69) is 20.6 Å². The number of hydrogen-bond acceptors (Lipinski definition) is 4. The second kappa shape index (κ2) is 5.46. The summed E-state index contributed by atoms with van der Waals surface area (Å²) in [6.07, 6.45) is 3.67. The largest absolute Gasteiger partial charge is 0.367 e. The molecule has 1 aliphatic carbocycles. The number of aromatic nitrogens is 2. The molecule has 0 unspecified atom stereocenters. The van der Waals surface area contributed by atoms with Crippen LogP contribution in [0.25, 0.3) is 0 Å². The summed E-state index contributed by atoms with van der Waals surface area (Å²) in [4.78, 5) is 20.2. The monoisotopic (exact) mass is 288 g/mol. The Hall–Kier alpha value is -2.14. The van der Waals surface area contributed by atoms with Crippen LogP contribution in [0.5, 0.6) is 0 Å². The summed E-state index contributed by atoms with van der Waals surface area (Å²) in [5.41, 5.74) is 0.873. The molecule has 0 saturated heterocycles. The van der Waals surface area contributed by atoms with E-state index in [1.54, 1.807) is 24.3 Å². The van der Waals surface area contributed by atoms with E-state index in [1.807, 2.05) is 6.07 Å². The van der Waals surface area contributed by atoms with Crippen molar-refractivity contribution in [2.45, 2.75) is 18.9 Å². The lowest BCUT2D eigenvalue weighted by molar-refractivity contribution is 0.102. The second-order valence-electron chi connectivity index (χ2n) is 4.64. The van der Waals surface area contributed by atoms with Crippen LogP contribution >= 0.6 is 11.6 Å². The first-order chi connectivity index (χ1) is 9.72. The van der Waals surface area contributed by atoms with E-state index in [0.29, 0.717) is 28.3 Å². The number of para-hydroxylation sites is 1. The van der Waals surface area contributed by atoms with Gasteiger partial charge in [0.1, 0.15) is 17.8 Å². The summed E-state index contributed by atoms with van der Waals surface area (Å²) in [6, 6.07) is 9.19. The Morgan fingerprint density at radius 1 is 1.25 bits per heavy atom. The molecular weight excluding hydrogens is 276 g/mol. The average Bonchev–Trinajstić information content (AvgIpc) is 3.25. The summed E-state index contributed by atoms with van der Waals surface area (Å²) in [7, 11) is 0. The van der Waals surface area contributed by atoms with Gasteiger partial charge in [0.25, 0.3) is 5.91 Å². The third kappa shape index (κ3) is 3.05. The lowest BCUT2D eigenvalue weighted by atomic mass is 10.3. The third-order valence-electron chi connectivity index (χ3n) is 2.95. The van der Waals surface area contributed by atoms with Gasteiger partial charge in [-0.2, -0.15) is 0 Å². The Kier molecular flexibility index (Phi) is 3.52. The van der Waals surface area contributed by atoms with Gasteiger partial charge in [-0.1, -0.05) is 23.7 Å². The van der Waals surface area contributed by atoms with Crippen molar-refractivity contribution in [2.24, 2.45) is 0 Å². The first-order valence-electron chi connectivity index (χ1n) is 6.37. The highest BCUT2D eigenvalue weighted by atomic mass is 35.5. The van der Waals surface area contributed by atoms with Crippen molar-refractivity contribution in [1.82, 2.24) is 9.97 Å². The summed E-state index contributed by atoms with van der Waals surface area (Å²) < 4.78 is 0. The molecule has 1 fully saturated rings. The predicted molar refractivity (Wildman–Crippen MR) is 78.1 cm³/mol. The number of anilines is 2. The topological polar surface area (TPSA) is 66.9 Å². The molecular formula is C14H13ClN4O. The summed E-state index contributed by atoms with van der Waals surface area (Å²) >= 11 is 6.00. The molecule has 0 spiro atoms. The van der Waals surface area contributed by atoms with Gasteiger partial charge in [0.2, 0.25) is 0 Å². The Morgan fingerprint density at radius 3 is 2.80 bits per heavy atom. The average molecular weight is 289 g/mol. The molecule has 1 saturated carbocycles. The SMILES string of the molecule is O=C(Nc1ccccc1Cl)c1cc(NC2CC2)ncn1. The highest BCUT2D eigenvalue weighted by molar-refractivity contribution is 6.33. The number of nitrogens with one attached hydrogen (secondary N) is 2. The third-order valence-corrected chi connectivity index (χ3v) is 3.28. The van der Waals surface area contributed by atoms with Crippen LogP contribution in [-0.2, 0) is 0 Å². The predicted octanol–water partition coefficient (Wildman–Crippen LogP) is 2.96. The van der Waals surface area contributed by atoms with Gasteiger partial charge >= 0.3 is 0 Å². The first kappa shape index (κ1) is 12.9. The Balaban J connectivity index is 1.74. The van der Waals surface area contributed by atoms with E-state index < -0.39 is 0 Å². The highest BCUT2D eigenvalue weighted by Crippen LogP contribution is 2.24. The fourth-order valence-corrected chi connectivity index (χ4v) is 1.93. The molecule has 0 bridgehead atoms. The number of halogens is 1. The van der Waals surface area contributed by atoms with Crippen LogP contribution < -0.4 is 10.6 Å². The Labute approximate surface area is 121 Å². The van der Waals surface area contributed by atoms with E-state index in [0.717, 1.165) is 12.8 Å².